The van der Waals surface area contributed by atoms with Gasteiger partial charge in [-0.2, -0.15) is 0 Å². The molecule has 0 saturated heterocycles. The van der Waals surface area contributed by atoms with Crippen LogP contribution in [0.1, 0.15) is 17.3 Å². The molecule has 0 aliphatic rings. The summed E-state index contributed by atoms with van der Waals surface area (Å²) in [5.74, 6) is 0.306. The number of likely N-dealkylation sites (N-methyl/N-ethyl adjacent to an activating group) is 1. The molecule has 0 saturated carbocycles. The Morgan fingerprint density at radius 3 is 2.33 bits per heavy atom. The van der Waals surface area contributed by atoms with Gasteiger partial charge in [-0.15, -0.1) is 0 Å². The van der Waals surface area contributed by atoms with Crippen molar-refractivity contribution in [1.82, 2.24) is 10.2 Å². The highest BCUT2D eigenvalue weighted by atomic mass is 16.5. The van der Waals surface area contributed by atoms with Crippen molar-refractivity contribution in [2.75, 3.05) is 27.2 Å². The minimum Gasteiger partial charge on any atom is -0.494 e. The summed E-state index contributed by atoms with van der Waals surface area (Å²) in [4.78, 5) is 24.5. The Bertz CT molecular complexity index is 413. The Morgan fingerprint density at radius 2 is 1.83 bits per heavy atom. The summed E-state index contributed by atoms with van der Waals surface area (Å²) in [7, 11) is 3.29. The van der Waals surface area contributed by atoms with Crippen LogP contribution >= 0.6 is 0 Å². The zero-order valence-corrected chi connectivity index (χ0v) is 10.9. The molecule has 5 nitrogen and oxygen atoms in total. The lowest BCUT2D eigenvalue weighted by Crippen LogP contribution is -2.36. The molecule has 0 aliphatic heterocycles. The SMILES string of the molecule is CCOc1ccc(C(=O)NCC(=O)N(C)C)cc1. The lowest BCUT2D eigenvalue weighted by atomic mass is 10.2. The first kappa shape index (κ1) is 14.0. The van der Waals surface area contributed by atoms with E-state index >= 15 is 0 Å². The topological polar surface area (TPSA) is 58.6 Å². The monoisotopic (exact) mass is 250 g/mol. The van der Waals surface area contributed by atoms with E-state index in [1.54, 1.807) is 38.4 Å². The van der Waals surface area contributed by atoms with Crippen LogP contribution in [0.5, 0.6) is 5.75 Å². The van der Waals surface area contributed by atoms with Gasteiger partial charge in [-0.1, -0.05) is 0 Å². The van der Waals surface area contributed by atoms with E-state index in [4.69, 9.17) is 4.74 Å². The maximum Gasteiger partial charge on any atom is 0.251 e. The zero-order chi connectivity index (χ0) is 13.5. The van der Waals surface area contributed by atoms with Crippen molar-refractivity contribution in [3.63, 3.8) is 0 Å². The maximum absolute atomic E-state index is 11.7. The average Bonchev–Trinajstić information content (AvgIpc) is 2.36. The lowest BCUT2D eigenvalue weighted by molar-refractivity contribution is -0.127. The van der Waals surface area contributed by atoms with Crippen LogP contribution in [0, 0.1) is 0 Å². The summed E-state index contributed by atoms with van der Waals surface area (Å²) in [6.07, 6.45) is 0. The van der Waals surface area contributed by atoms with Crippen LogP contribution in [0.3, 0.4) is 0 Å². The van der Waals surface area contributed by atoms with Crippen molar-refractivity contribution < 1.29 is 14.3 Å². The smallest absolute Gasteiger partial charge is 0.251 e. The molecule has 0 unspecified atom stereocenters. The van der Waals surface area contributed by atoms with Gasteiger partial charge in [-0.25, -0.2) is 0 Å². The second kappa shape index (κ2) is 6.64. The van der Waals surface area contributed by atoms with E-state index in [1.165, 1.54) is 4.90 Å². The Labute approximate surface area is 107 Å². The predicted molar refractivity (Wildman–Crippen MR) is 68.6 cm³/mol. The van der Waals surface area contributed by atoms with Crippen LogP contribution in [0.2, 0.25) is 0 Å². The summed E-state index contributed by atoms with van der Waals surface area (Å²) in [5.41, 5.74) is 0.505. The van der Waals surface area contributed by atoms with Crippen LogP contribution in [-0.2, 0) is 4.79 Å². The van der Waals surface area contributed by atoms with Gasteiger partial charge < -0.3 is 15.0 Å². The number of benzene rings is 1. The number of nitrogens with zero attached hydrogens (tertiary/aromatic N) is 1. The summed E-state index contributed by atoms with van der Waals surface area (Å²) in [5, 5.41) is 2.56. The third-order valence-corrected chi connectivity index (χ3v) is 2.33. The van der Waals surface area contributed by atoms with Crippen molar-refractivity contribution in [2.24, 2.45) is 0 Å². The van der Waals surface area contributed by atoms with Crippen molar-refractivity contribution >= 4 is 11.8 Å². The molecule has 0 aliphatic carbocycles. The van der Waals surface area contributed by atoms with Gasteiger partial charge in [-0.05, 0) is 31.2 Å². The summed E-state index contributed by atoms with van der Waals surface area (Å²) >= 11 is 0. The van der Waals surface area contributed by atoms with Gasteiger partial charge in [0.2, 0.25) is 5.91 Å². The highest BCUT2D eigenvalue weighted by Crippen LogP contribution is 2.11. The molecule has 0 radical (unpaired) electrons. The molecule has 98 valence electrons. The molecule has 0 bridgehead atoms. The molecule has 0 heterocycles. The molecule has 0 aromatic heterocycles. The van der Waals surface area contributed by atoms with Gasteiger partial charge in [0.25, 0.3) is 5.91 Å². The van der Waals surface area contributed by atoms with Crippen LogP contribution in [-0.4, -0.2) is 44.0 Å². The molecule has 1 N–H and O–H groups in total. The van der Waals surface area contributed by atoms with E-state index in [2.05, 4.69) is 5.32 Å². The number of hydrogen-bond donors (Lipinski definition) is 1. The molecule has 0 spiro atoms. The van der Waals surface area contributed by atoms with E-state index in [-0.39, 0.29) is 18.4 Å². The lowest BCUT2D eigenvalue weighted by Gasteiger charge is -2.11. The first-order valence-corrected chi connectivity index (χ1v) is 5.75. The van der Waals surface area contributed by atoms with Gasteiger partial charge >= 0.3 is 0 Å². The number of carbonyl (C=O) groups excluding carboxylic acids is 2. The van der Waals surface area contributed by atoms with Gasteiger partial charge in [0.05, 0.1) is 13.2 Å². The molecule has 1 aromatic carbocycles. The number of carbonyl (C=O) groups is 2. The quantitative estimate of drug-likeness (QED) is 0.844. The minimum atomic E-state index is -0.270. The Balaban J connectivity index is 2.54. The highest BCUT2D eigenvalue weighted by molar-refractivity contribution is 5.96. The molecule has 2 amide bonds. The number of rotatable bonds is 5. The summed E-state index contributed by atoms with van der Waals surface area (Å²) in [6, 6.07) is 6.79. The van der Waals surface area contributed by atoms with Crippen LogP contribution in [0.25, 0.3) is 0 Å². The van der Waals surface area contributed by atoms with E-state index in [9.17, 15) is 9.59 Å². The Morgan fingerprint density at radius 1 is 1.22 bits per heavy atom. The number of hydrogen-bond acceptors (Lipinski definition) is 3. The standard InChI is InChI=1S/C13H18N2O3/c1-4-18-11-7-5-10(6-8-11)13(17)14-9-12(16)15(2)3/h5-8H,4,9H2,1-3H3,(H,14,17). The number of nitrogens with one attached hydrogen (secondary N) is 1. The van der Waals surface area contributed by atoms with Crippen LogP contribution in [0.15, 0.2) is 24.3 Å². The fraction of sp³-hybridized carbons (Fsp3) is 0.385. The second-order valence-corrected chi connectivity index (χ2v) is 3.93. The Hall–Kier alpha value is -2.04. The zero-order valence-electron chi connectivity index (χ0n) is 10.9. The second-order valence-electron chi connectivity index (χ2n) is 3.93. The van der Waals surface area contributed by atoms with Gasteiger partial charge in [0, 0.05) is 19.7 Å². The normalized spacial score (nSPS) is 9.72. The van der Waals surface area contributed by atoms with E-state index < -0.39 is 0 Å². The molecular weight excluding hydrogens is 232 g/mol. The third kappa shape index (κ3) is 4.08. The van der Waals surface area contributed by atoms with E-state index in [0.717, 1.165) is 5.75 Å². The van der Waals surface area contributed by atoms with Crippen molar-refractivity contribution in [3.8, 4) is 5.75 Å². The fourth-order valence-electron chi connectivity index (χ4n) is 1.29. The molecule has 1 aromatic rings. The van der Waals surface area contributed by atoms with E-state index in [1.807, 2.05) is 6.92 Å². The first-order chi connectivity index (χ1) is 8.54. The molecule has 18 heavy (non-hydrogen) atoms. The average molecular weight is 250 g/mol. The van der Waals surface area contributed by atoms with Gasteiger partial charge in [0.15, 0.2) is 0 Å². The van der Waals surface area contributed by atoms with Crippen LogP contribution < -0.4 is 10.1 Å². The summed E-state index contributed by atoms with van der Waals surface area (Å²) in [6.45, 7) is 2.48. The first-order valence-electron chi connectivity index (χ1n) is 5.75. The minimum absolute atomic E-state index is 0.000948. The van der Waals surface area contributed by atoms with E-state index in [0.29, 0.717) is 12.2 Å². The highest BCUT2D eigenvalue weighted by Gasteiger charge is 2.09. The molecule has 5 heteroatoms. The fourth-order valence-corrected chi connectivity index (χ4v) is 1.29. The van der Waals surface area contributed by atoms with Gasteiger partial charge in [-0.3, -0.25) is 9.59 Å². The third-order valence-electron chi connectivity index (χ3n) is 2.33. The van der Waals surface area contributed by atoms with Crippen molar-refractivity contribution in [1.29, 1.82) is 0 Å². The Kier molecular flexibility index (Phi) is 5.17. The number of ether oxygens (including phenoxy) is 1. The number of amides is 2. The maximum atomic E-state index is 11.7. The van der Waals surface area contributed by atoms with Crippen molar-refractivity contribution in [2.45, 2.75) is 6.92 Å². The molecule has 1 rings (SSSR count). The predicted octanol–water partition coefficient (Wildman–Crippen LogP) is 0.903. The summed E-state index contributed by atoms with van der Waals surface area (Å²) < 4.78 is 5.28. The molecule has 0 atom stereocenters. The largest absolute Gasteiger partial charge is 0.494 e. The molecular formula is C13H18N2O3. The van der Waals surface area contributed by atoms with Crippen molar-refractivity contribution in [3.05, 3.63) is 29.8 Å². The van der Waals surface area contributed by atoms with Crippen LogP contribution in [0.4, 0.5) is 0 Å². The molecule has 0 fully saturated rings. The van der Waals surface area contributed by atoms with Gasteiger partial charge in [0.1, 0.15) is 5.75 Å².